The van der Waals surface area contributed by atoms with Crippen molar-refractivity contribution < 1.29 is 0 Å². The lowest BCUT2D eigenvalue weighted by atomic mass is 9.91. The predicted molar refractivity (Wildman–Crippen MR) is 270 cm³/mol. The lowest BCUT2D eigenvalue weighted by Gasteiger charge is -2.17. The molecule has 63 heavy (non-hydrogen) atoms. The molecule has 0 aliphatic rings. The van der Waals surface area contributed by atoms with Crippen LogP contribution in [0.25, 0.3) is 120 Å². The Morgan fingerprint density at radius 3 is 1.62 bits per heavy atom. The van der Waals surface area contributed by atoms with Gasteiger partial charge in [0.2, 0.25) is 0 Å². The van der Waals surface area contributed by atoms with Crippen LogP contribution in [-0.4, -0.2) is 9.13 Å². The van der Waals surface area contributed by atoms with E-state index in [1.54, 1.807) is 0 Å². The minimum Gasteiger partial charge on any atom is -0.308 e. The highest BCUT2D eigenvalue weighted by atomic mass is 32.1. The Balaban J connectivity index is 1.09. The van der Waals surface area contributed by atoms with E-state index in [0.717, 1.165) is 0 Å². The average Bonchev–Trinajstić information content (AvgIpc) is 4.02. The van der Waals surface area contributed by atoms with Crippen molar-refractivity contribution in [3.8, 4) is 55.9 Å². The van der Waals surface area contributed by atoms with E-state index in [2.05, 4.69) is 240 Å². The molecular weight excluding hydrogens is 781 g/mol. The third kappa shape index (κ3) is 5.50. The molecule has 0 atom stereocenters. The van der Waals surface area contributed by atoms with E-state index in [-0.39, 0.29) is 0 Å². The molecule has 294 valence electrons. The van der Waals surface area contributed by atoms with Gasteiger partial charge in [-0.25, -0.2) is 0 Å². The first-order chi connectivity index (χ1) is 31.3. The maximum absolute atomic E-state index is 2.53. The fourth-order valence-corrected chi connectivity index (χ4v) is 11.5. The molecule has 0 amide bonds. The van der Waals surface area contributed by atoms with Crippen LogP contribution in [0, 0.1) is 0 Å². The van der Waals surface area contributed by atoms with E-state index < -0.39 is 0 Å². The number of hydrogen-bond acceptors (Lipinski definition) is 1. The number of rotatable bonds is 6. The van der Waals surface area contributed by atoms with Crippen molar-refractivity contribution in [3.63, 3.8) is 0 Å². The zero-order valence-corrected chi connectivity index (χ0v) is 35.1. The van der Waals surface area contributed by atoms with Crippen molar-refractivity contribution in [1.29, 1.82) is 0 Å². The quantitative estimate of drug-likeness (QED) is 0.158. The molecule has 3 heteroatoms. The van der Waals surface area contributed by atoms with Crippen molar-refractivity contribution >= 4 is 75.1 Å². The summed E-state index contributed by atoms with van der Waals surface area (Å²) in [6.45, 7) is 0. The topological polar surface area (TPSA) is 9.86 Å². The van der Waals surface area contributed by atoms with Crippen molar-refractivity contribution in [3.05, 3.63) is 231 Å². The molecule has 0 fully saturated rings. The minimum atomic E-state index is 1.17. The van der Waals surface area contributed by atoms with Crippen LogP contribution < -0.4 is 0 Å². The van der Waals surface area contributed by atoms with Gasteiger partial charge in [0.25, 0.3) is 0 Å². The molecule has 13 rings (SSSR count). The third-order valence-corrected chi connectivity index (χ3v) is 14.2. The van der Waals surface area contributed by atoms with E-state index in [4.69, 9.17) is 0 Å². The van der Waals surface area contributed by atoms with Gasteiger partial charge in [-0.2, -0.15) is 0 Å². The first kappa shape index (κ1) is 35.7. The van der Waals surface area contributed by atoms with E-state index >= 15 is 0 Å². The summed E-state index contributed by atoms with van der Waals surface area (Å²) in [5, 5.41) is 7.55. The fraction of sp³-hybridized carbons (Fsp3) is 0. The van der Waals surface area contributed by atoms with Crippen LogP contribution in [0.5, 0.6) is 0 Å². The smallest absolute Gasteiger partial charge is 0.0641 e. The third-order valence-electron chi connectivity index (χ3n) is 13.0. The summed E-state index contributed by atoms with van der Waals surface area (Å²) in [7, 11) is 0. The van der Waals surface area contributed by atoms with Gasteiger partial charge in [0, 0.05) is 48.1 Å². The molecular formula is C60H38N2S. The minimum absolute atomic E-state index is 1.17. The maximum Gasteiger partial charge on any atom is 0.0641 e. The van der Waals surface area contributed by atoms with Gasteiger partial charge < -0.3 is 9.13 Å². The zero-order valence-electron chi connectivity index (χ0n) is 34.2. The van der Waals surface area contributed by atoms with Crippen LogP contribution in [0.3, 0.4) is 0 Å². The molecule has 0 spiro atoms. The predicted octanol–water partition coefficient (Wildman–Crippen LogP) is 16.9. The fourth-order valence-electron chi connectivity index (χ4n) is 10.2. The number of thiophene rings is 1. The monoisotopic (exact) mass is 818 g/mol. The molecule has 0 aliphatic heterocycles. The molecule has 0 N–H and O–H groups in total. The second-order valence-corrected chi connectivity index (χ2v) is 17.4. The number of benzene rings is 10. The molecule has 3 heterocycles. The van der Waals surface area contributed by atoms with Crippen LogP contribution >= 0.6 is 11.3 Å². The Morgan fingerprint density at radius 1 is 0.286 bits per heavy atom. The lowest BCUT2D eigenvalue weighted by molar-refractivity contribution is 1.18. The SMILES string of the molecule is c1ccc(-c2ccccc2-c2ccc(-n3c4ccccc4c4ccc(-c5cccc6c7ccccc7n(-c7ccccc7-c7ccccc7)c56)cc43)c3sc4ccccc4c23)cc1. The Kier molecular flexibility index (Phi) is 8.12. The number of hydrogen-bond donors (Lipinski definition) is 0. The van der Waals surface area contributed by atoms with Crippen molar-refractivity contribution in [2.75, 3.05) is 0 Å². The van der Waals surface area contributed by atoms with Gasteiger partial charge in [0.15, 0.2) is 0 Å². The summed E-state index contributed by atoms with van der Waals surface area (Å²) in [6.07, 6.45) is 0. The maximum atomic E-state index is 2.53. The largest absolute Gasteiger partial charge is 0.308 e. The van der Waals surface area contributed by atoms with Gasteiger partial charge in [0.1, 0.15) is 0 Å². The van der Waals surface area contributed by atoms with Crippen molar-refractivity contribution in [2.24, 2.45) is 0 Å². The van der Waals surface area contributed by atoms with Crippen LogP contribution in [0.4, 0.5) is 0 Å². The number of fused-ring (bicyclic) bond motifs is 9. The number of para-hydroxylation sites is 4. The molecule has 13 aromatic rings. The molecule has 2 nitrogen and oxygen atoms in total. The van der Waals surface area contributed by atoms with E-state index in [9.17, 15) is 0 Å². The molecule has 10 aromatic carbocycles. The standard InChI is InChI=1S/C60H38N2S/c1-3-18-39(19-4-1)42-22-7-8-24-45(42)49-36-37-55(60-58(49)51-27-12-16-33-57(51)63-60)61-53-31-14-10-25-46(53)48-35-34-41(38-56(48)61)44-28-17-29-50-47-26-11-15-32-54(47)62(59(44)50)52-30-13-9-23-43(52)40-20-5-2-6-21-40/h1-38H. The van der Waals surface area contributed by atoms with Gasteiger partial charge in [-0.15, -0.1) is 11.3 Å². The van der Waals surface area contributed by atoms with Crippen LogP contribution in [0.2, 0.25) is 0 Å². The first-order valence-corrected chi connectivity index (χ1v) is 22.4. The van der Waals surface area contributed by atoms with Gasteiger partial charge in [-0.1, -0.05) is 194 Å². The molecule has 0 saturated carbocycles. The summed E-state index contributed by atoms with van der Waals surface area (Å²) < 4.78 is 7.59. The van der Waals surface area contributed by atoms with Crippen molar-refractivity contribution in [1.82, 2.24) is 9.13 Å². The molecule has 0 unspecified atom stereocenters. The summed E-state index contributed by atoms with van der Waals surface area (Å²) >= 11 is 1.89. The first-order valence-electron chi connectivity index (χ1n) is 21.6. The van der Waals surface area contributed by atoms with E-state index in [0.29, 0.717) is 0 Å². The van der Waals surface area contributed by atoms with Crippen LogP contribution in [0.1, 0.15) is 0 Å². The highest BCUT2D eigenvalue weighted by Crippen LogP contribution is 2.48. The summed E-state index contributed by atoms with van der Waals surface area (Å²) in [4.78, 5) is 0. The molecule has 0 radical (unpaired) electrons. The summed E-state index contributed by atoms with van der Waals surface area (Å²) in [5.41, 5.74) is 16.9. The zero-order chi connectivity index (χ0) is 41.4. The Labute approximate surface area is 368 Å². The summed E-state index contributed by atoms with van der Waals surface area (Å²) in [5.74, 6) is 0. The van der Waals surface area contributed by atoms with Gasteiger partial charge in [-0.05, 0) is 69.8 Å². The normalized spacial score (nSPS) is 11.8. The van der Waals surface area contributed by atoms with Crippen LogP contribution in [-0.2, 0) is 0 Å². The Hall–Kier alpha value is -7.98. The summed E-state index contributed by atoms with van der Waals surface area (Å²) in [6, 6.07) is 84.6. The highest BCUT2D eigenvalue weighted by molar-refractivity contribution is 7.26. The second kappa shape index (κ2) is 14.3. The lowest BCUT2D eigenvalue weighted by Crippen LogP contribution is -1.98. The van der Waals surface area contributed by atoms with Crippen molar-refractivity contribution in [2.45, 2.75) is 0 Å². The van der Waals surface area contributed by atoms with Gasteiger partial charge in [0.05, 0.1) is 38.1 Å². The Bertz CT molecular complexity index is 3900. The highest BCUT2D eigenvalue weighted by Gasteiger charge is 2.23. The molecule has 0 bridgehead atoms. The number of nitrogens with zero attached hydrogens (tertiary/aromatic N) is 2. The second-order valence-electron chi connectivity index (χ2n) is 16.4. The van der Waals surface area contributed by atoms with Gasteiger partial charge >= 0.3 is 0 Å². The van der Waals surface area contributed by atoms with E-state index in [1.165, 1.54) is 120 Å². The molecule has 0 aliphatic carbocycles. The number of aromatic nitrogens is 2. The van der Waals surface area contributed by atoms with Crippen LogP contribution in [0.15, 0.2) is 231 Å². The Morgan fingerprint density at radius 2 is 0.841 bits per heavy atom. The average molecular weight is 819 g/mol. The molecule has 0 saturated heterocycles. The van der Waals surface area contributed by atoms with Gasteiger partial charge in [-0.3, -0.25) is 0 Å². The molecule has 3 aromatic heterocycles. The van der Waals surface area contributed by atoms with E-state index in [1.807, 2.05) is 11.3 Å².